The molecule has 0 spiro atoms. The third kappa shape index (κ3) is 3.32. The number of rotatable bonds is 3. The van der Waals surface area contributed by atoms with E-state index in [-0.39, 0.29) is 5.91 Å². The van der Waals surface area contributed by atoms with E-state index in [9.17, 15) is 4.79 Å². The molecule has 27 heavy (non-hydrogen) atoms. The molecule has 4 nitrogen and oxygen atoms in total. The molecule has 0 aromatic heterocycles. The second-order valence-corrected chi connectivity index (χ2v) is 7.70. The largest absolute Gasteiger partial charge is 0.495 e. The van der Waals surface area contributed by atoms with Crippen LogP contribution in [0.3, 0.4) is 0 Å². The molecule has 0 N–H and O–H groups in total. The van der Waals surface area contributed by atoms with E-state index >= 15 is 0 Å². The molecule has 2 aliphatic rings. The standard InChI is InChI=1S/C22H24ClNO3/c1-26-20-7-6-18(14-19(20)23)22(9-12-27-13-10-22)21(25)24-11-8-16-4-2-3-5-17(16)15-24/h2-7,14H,8-13,15H2,1H3. The summed E-state index contributed by atoms with van der Waals surface area (Å²) in [6.07, 6.45) is 2.25. The maximum Gasteiger partial charge on any atom is 0.233 e. The van der Waals surface area contributed by atoms with Crippen LogP contribution in [0.15, 0.2) is 42.5 Å². The zero-order valence-electron chi connectivity index (χ0n) is 15.5. The molecule has 5 heteroatoms. The van der Waals surface area contributed by atoms with Crippen molar-refractivity contribution in [2.75, 3.05) is 26.9 Å². The van der Waals surface area contributed by atoms with Gasteiger partial charge in [0.1, 0.15) is 5.75 Å². The summed E-state index contributed by atoms with van der Waals surface area (Å²) in [4.78, 5) is 15.8. The lowest BCUT2D eigenvalue weighted by Gasteiger charge is -2.41. The van der Waals surface area contributed by atoms with E-state index in [1.54, 1.807) is 7.11 Å². The zero-order valence-corrected chi connectivity index (χ0v) is 16.3. The highest BCUT2D eigenvalue weighted by molar-refractivity contribution is 6.32. The number of carbonyl (C=O) groups excluding carboxylic acids is 1. The Kier molecular flexibility index (Phi) is 5.11. The summed E-state index contributed by atoms with van der Waals surface area (Å²) in [6, 6.07) is 14.1. The highest BCUT2D eigenvalue weighted by Crippen LogP contribution is 2.40. The maximum absolute atomic E-state index is 13.7. The number of ether oxygens (including phenoxy) is 2. The minimum Gasteiger partial charge on any atom is -0.495 e. The van der Waals surface area contributed by atoms with Crippen molar-refractivity contribution in [2.45, 2.75) is 31.2 Å². The first-order chi connectivity index (χ1) is 13.1. The molecule has 0 unspecified atom stereocenters. The van der Waals surface area contributed by atoms with Crippen molar-refractivity contribution in [2.24, 2.45) is 0 Å². The van der Waals surface area contributed by atoms with Crippen molar-refractivity contribution in [3.05, 3.63) is 64.2 Å². The zero-order chi connectivity index (χ0) is 18.9. The van der Waals surface area contributed by atoms with E-state index < -0.39 is 5.41 Å². The number of halogens is 1. The Morgan fingerprint density at radius 3 is 2.59 bits per heavy atom. The second-order valence-electron chi connectivity index (χ2n) is 7.29. The Balaban J connectivity index is 1.68. The van der Waals surface area contributed by atoms with Gasteiger partial charge in [0.25, 0.3) is 0 Å². The molecule has 142 valence electrons. The number of carbonyl (C=O) groups is 1. The molecule has 2 heterocycles. The number of amides is 1. The van der Waals surface area contributed by atoms with Crippen molar-refractivity contribution >= 4 is 17.5 Å². The predicted octanol–water partition coefficient (Wildman–Crippen LogP) is 3.98. The van der Waals surface area contributed by atoms with Crippen LogP contribution in [0.4, 0.5) is 0 Å². The summed E-state index contributed by atoms with van der Waals surface area (Å²) in [7, 11) is 1.60. The lowest BCUT2D eigenvalue weighted by atomic mass is 9.72. The Labute approximate surface area is 165 Å². The Morgan fingerprint density at radius 1 is 1.15 bits per heavy atom. The molecule has 1 fully saturated rings. The summed E-state index contributed by atoms with van der Waals surface area (Å²) >= 11 is 6.39. The molecular formula is C22H24ClNO3. The number of hydrogen-bond acceptors (Lipinski definition) is 3. The summed E-state index contributed by atoms with van der Waals surface area (Å²) in [5.41, 5.74) is 2.96. The number of benzene rings is 2. The SMILES string of the molecule is COc1ccc(C2(C(=O)N3CCc4ccccc4C3)CCOCC2)cc1Cl. The van der Waals surface area contributed by atoms with Crippen LogP contribution in [0, 0.1) is 0 Å². The Hall–Kier alpha value is -2.04. The predicted molar refractivity (Wildman–Crippen MR) is 105 cm³/mol. The third-order valence-electron chi connectivity index (χ3n) is 5.88. The molecular weight excluding hydrogens is 362 g/mol. The van der Waals surface area contributed by atoms with Crippen LogP contribution in [0.1, 0.15) is 29.5 Å². The molecule has 0 aliphatic carbocycles. The summed E-state index contributed by atoms with van der Waals surface area (Å²) in [5, 5.41) is 0.539. The first-order valence-corrected chi connectivity index (χ1v) is 9.80. The fraction of sp³-hybridized carbons (Fsp3) is 0.409. The van der Waals surface area contributed by atoms with Crippen LogP contribution in [0.5, 0.6) is 5.75 Å². The maximum atomic E-state index is 13.7. The molecule has 1 amide bonds. The van der Waals surface area contributed by atoms with Crippen LogP contribution in [-0.2, 0) is 27.9 Å². The highest BCUT2D eigenvalue weighted by Gasteiger charge is 2.44. The molecule has 2 aromatic carbocycles. The van der Waals surface area contributed by atoms with Gasteiger partial charge >= 0.3 is 0 Å². The van der Waals surface area contributed by atoms with Gasteiger partial charge in [-0.15, -0.1) is 0 Å². The molecule has 0 atom stereocenters. The van der Waals surface area contributed by atoms with E-state index in [0.717, 1.165) is 18.5 Å². The average Bonchev–Trinajstić information content (AvgIpc) is 2.73. The minimum atomic E-state index is -0.583. The van der Waals surface area contributed by atoms with Gasteiger partial charge in [-0.25, -0.2) is 0 Å². The Morgan fingerprint density at radius 2 is 1.89 bits per heavy atom. The molecule has 2 aliphatic heterocycles. The topological polar surface area (TPSA) is 38.8 Å². The summed E-state index contributed by atoms with van der Waals surface area (Å²) < 4.78 is 10.9. The molecule has 0 radical (unpaired) electrons. The minimum absolute atomic E-state index is 0.182. The van der Waals surface area contributed by atoms with Crippen molar-refractivity contribution in [1.82, 2.24) is 4.90 Å². The number of nitrogens with zero attached hydrogens (tertiary/aromatic N) is 1. The van der Waals surface area contributed by atoms with E-state index in [1.807, 2.05) is 29.2 Å². The van der Waals surface area contributed by atoms with Crippen LogP contribution in [0.2, 0.25) is 5.02 Å². The molecule has 0 bridgehead atoms. The van der Waals surface area contributed by atoms with E-state index in [1.165, 1.54) is 11.1 Å². The third-order valence-corrected chi connectivity index (χ3v) is 6.17. The quantitative estimate of drug-likeness (QED) is 0.802. The van der Waals surface area contributed by atoms with Crippen molar-refractivity contribution < 1.29 is 14.3 Å². The van der Waals surface area contributed by atoms with E-state index in [4.69, 9.17) is 21.1 Å². The molecule has 2 aromatic rings. The van der Waals surface area contributed by atoms with Gasteiger partial charge in [-0.3, -0.25) is 4.79 Å². The molecule has 1 saturated heterocycles. The van der Waals surface area contributed by atoms with Gasteiger partial charge in [-0.2, -0.15) is 0 Å². The lowest BCUT2D eigenvalue weighted by Crippen LogP contribution is -2.51. The summed E-state index contributed by atoms with van der Waals surface area (Å²) in [6.45, 7) is 2.59. The van der Waals surface area contributed by atoms with Crippen LogP contribution in [-0.4, -0.2) is 37.7 Å². The number of hydrogen-bond donors (Lipinski definition) is 0. The average molecular weight is 386 g/mol. The van der Waals surface area contributed by atoms with Gasteiger partial charge < -0.3 is 14.4 Å². The van der Waals surface area contributed by atoms with Crippen molar-refractivity contribution in [3.8, 4) is 5.75 Å². The first kappa shape index (κ1) is 18.3. The smallest absolute Gasteiger partial charge is 0.233 e. The normalized spacial score (nSPS) is 18.7. The second kappa shape index (κ2) is 7.53. The molecule has 0 saturated carbocycles. The number of fused-ring (bicyclic) bond motifs is 1. The molecule has 4 rings (SSSR count). The number of methoxy groups -OCH3 is 1. The van der Waals surface area contributed by atoms with Gasteiger partial charge in [0.15, 0.2) is 0 Å². The van der Waals surface area contributed by atoms with E-state index in [2.05, 4.69) is 18.2 Å². The van der Waals surface area contributed by atoms with Gasteiger partial charge in [-0.1, -0.05) is 41.9 Å². The van der Waals surface area contributed by atoms with Gasteiger partial charge in [0.05, 0.1) is 17.5 Å². The monoisotopic (exact) mass is 385 g/mol. The lowest BCUT2D eigenvalue weighted by molar-refractivity contribution is -0.142. The van der Waals surface area contributed by atoms with Crippen LogP contribution in [0.25, 0.3) is 0 Å². The fourth-order valence-electron chi connectivity index (χ4n) is 4.28. The van der Waals surface area contributed by atoms with Gasteiger partial charge in [0.2, 0.25) is 5.91 Å². The van der Waals surface area contributed by atoms with Crippen LogP contribution >= 0.6 is 11.6 Å². The van der Waals surface area contributed by atoms with Gasteiger partial charge in [0, 0.05) is 26.3 Å². The first-order valence-electron chi connectivity index (χ1n) is 9.42. The highest BCUT2D eigenvalue weighted by atomic mass is 35.5. The van der Waals surface area contributed by atoms with Crippen molar-refractivity contribution in [1.29, 1.82) is 0 Å². The summed E-state index contributed by atoms with van der Waals surface area (Å²) in [5.74, 6) is 0.809. The van der Waals surface area contributed by atoms with Crippen LogP contribution < -0.4 is 4.74 Å². The Bertz CT molecular complexity index is 845. The fourth-order valence-corrected chi connectivity index (χ4v) is 4.54. The van der Waals surface area contributed by atoms with Crippen molar-refractivity contribution in [3.63, 3.8) is 0 Å². The van der Waals surface area contributed by atoms with E-state index in [0.29, 0.717) is 43.4 Å². The van der Waals surface area contributed by atoms with Gasteiger partial charge in [-0.05, 0) is 48.1 Å².